The predicted molar refractivity (Wildman–Crippen MR) is 126 cm³/mol. The number of amides is 2. The summed E-state index contributed by atoms with van der Waals surface area (Å²) >= 11 is 0. The predicted octanol–water partition coefficient (Wildman–Crippen LogP) is 2.10. The van der Waals surface area contributed by atoms with Crippen LogP contribution in [0.15, 0.2) is 34.3 Å². The molecule has 2 N–H and O–H groups in total. The van der Waals surface area contributed by atoms with Crippen LogP contribution in [-0.4, -0.2) is 64.0 Å². The van der Waals surface area contributed by atoms with Crippen molar-refractivity contribution in [2.24, 2.45) is 5.16 Å². The maximum Gasteiger partial charge on any atom is 0.274 e. The van der Waals surface area contributed by atoms with Gasteiger partial charge in [-0.15, -0.1) is 0 Å². The summed E-state index contributed by atoms with van der Waals surface area (Å²) in [6, 6.07) is 2.18. The van der Waals surface area contributed by atoms with Gasteiger partial charge in [0, 0.05) is 50.5 Å². The summed E-state index contributed by atoms with van der Waals surface area (Å²) in [7, 11) is 1.55. The minimum atomic E-state index is -1.03. The Morgan fingerprint density at radius 2 is 2.14 bits per heavy atom. The number of hydrogen-bond acceptors (Lipinski definition) is 7. The Morgan fingerprint density at radius 1 is 1.35 bits per heavy atom. The largest absolute Gasteiger partial charge is 0.503 e. The van der Waals surface area contributed by atoms with Crippen LogP contribution in [0.1, 0.15) is 58.6 Å². The Balaban J connectivity index is 1.53. The van der Waals surface area contributed by atoms with Crippen molar-refractivity contribution in [3.63, 3.8) is 0 Å². The van der Waals surface area contributed by atoms with E-state index in [1.807, 2.05) is 6.92 Å². The summed E-state index contributed by atoms with van der Waals surface area (Å²) < 4.78 is 33.8. The Labute approximate surface area is 210 Å². The number of ether oxygens (including phenoxy) is 1. The van der Waals surface area contributed by atoms with E-state index in [-0.39, 0.29) is 37.0 Å². The lowest BCUT2D eigenvalue weighted by molar-refractivity contribution is -0.0655. The van der Waals surface area contributed by atoms with Gasteiger partial charge in [0.25, 0.3) is 11.8 Å². The third kappa shape index (κ3) is 4.14. The van der Waals surface area contributed by atoms with Gasteiger partial charge >= 0.3 is 0 Å². The molecule has 3 unspecified atom stereocenters. The zero-order valence-electron chi connectivity index (χ0n) is 20.3. The highest BCUT2D eigenvalue weighted by atomic mass is 19.1. The lowest BCUT2D eigenvalue weighted by Gasteiger charge is -2.41. The molecule has 10 nitrogen and oxygen atoms in total. The number of rotatable bonds is 5. The lowest BCUT2D eigenvalue weighted by Crippen LogP contribution is -2.52. The molecule has 1 aromatic carbocycles. The van der Waals surface area contributed by atoms with E-state index in [1.165, 1.54) is 16.8 Å². The number of oxime groups is 1. The van der Waals surface area contributed by atoms with Crippen LogP contribution in [0.2, 0.25) is 0 Å². The summed E-state index contributed by atoms with van der Waals surface area (Å²) in [6.07, 6.45) is 2.80. The molecule has 5 rings (SSSR count). The molecular weight excluding hydrogens is 490 g/mol. The monoisotopic (exact) mass is 516 g/mol. The summed E-state index contributed by atoms with van der Waals surface area (Å²) in [5.41, 5.74) is -1.85. The molecule has 1 fully saturated rings. The Kier molecular flexibility index (Phi) is 6.22. The van der Waals surface area contributed by atoms with Gasteiger partial charge in [-0.05, 0) is 25.8 Å². The van der Waals surface area contributed by atoms with Crippen molar-refractivity contribution in [1.29, 1.82) is 0 Å². The topological polar surface area (TPSA) is 122 Å². The van der Waals surface area contributed by atoms with Crippen molar-refractivity contribution in [3.05, 3.63) is 63.1 Å². The first-order valence-electron chi connectivity index (χ1n) is 11.9. The number of fused-ring (bicyclic) bond motifs is 5. The molecular formula is C25H26F2N4O6. The number of hydrogen-bond donors (Lipinski definition) is 2. The number of halogens is 2. The van der Waals surface area contributed by atoms with E-state index in [1.54, 1.807) is 12.0 Å². The average molecular weight is 517 g/mol. The summed E-state index contributed by atoms with van der Waals surface area (Å²) in [4.78, 5) is 46.9. The number of nitrogens with zero attached hydrogens (tertiary/aromatic N) is 3. The number of methoxy groups -OCH3 is 1. The second-order valence-electron chi connectivity index (χ2n) is 9.68. The molecule has 3 aliphatic rings. The molecule has 0 saturated carbocycles. The van der Waals surface area contributed by atoms with Gasteiger partial charge < -0.3 is 29.5 Å². The van der Waals surface area contributed by atoms with Gasteiger partial charge in [-0.3, -0.25) is 14.4 Å². The van der Waals surface area contributed by atoms with E-state index in [2.05, 4.69) is 10.5 Å². The smallest absolute Gasteiger partial charge is 0.274 e. The zero-order valence-corrected chi connectivity index (χ0v) is 20.3. The van der Waals surface area contributed by atoms with Crippen LogP contribution in [0, 0.1) is 11.6 Å². The molecule has 4 heterocycles. The highest BCUT2D eigenvalue weighted by Gasteiger charge is 2.54. The molecule has 3 atom stereocenters. The van der Waals surface area contributed by atoms with Crippen LogP contribution in [-0.2, 0) is 16.1 Å². The van der Waals surface area contributed by atoms with E-state index in [0.717, 1.165) is 6.07 Å². The first-order valence-corrected chi connectivity index (χ1v) is 11.9. The third-order valence-corrected chi connectivity index (χ3v) is 7.37. The average Bonchev–Trinajstić information content (AvgIpc) is 3.22. The molecule has 2 amide bonds. The fraction of sp³-hybridized carbons (Fsp3) is 0.440. The number of aromatic hydroxyl groups is 1. The molecule has 0 radical (unpaired) electrons. The van der Waals surface area contributed by atoms with Crippen LogP contribution in [0.3, 0.4) is 0 Å². The molecule has 1 saturated heterocycles. The fourth-order valence-corrected chi connectivity index (χ4v) is 5.37. The number of nitrogens with one attached hydrogen (secondary N) is 1. The number of carbonyl (C=O) groups excluding carboxylic acids is 2. The Hall–Kier alpha value is -3.80. The second kappa shape index (κ2) is 9.25. The molecule has 0 aliphatic carbocycles. The van der Waals surface area contributed by atoms with Crippen molar-refractivity contribution < 1.29 is 33.1 Å². The first kappa shape index (κ1) is 24.9. The van der Waals surface area contributed by atoms with Crippen molar-refractivity contribution in [1.82, 2.24) is 14.8 Å². The second-order valence-corrected chi connectivity index (χ2v) is 9.68. The maximum absolute atomic E-state index is 14.0. The summed E-state index contributed by atoms with van der Waals surface area (Å²) in [6.45, 7) is 2.07. The minimum Gasteiger partial charge on any atom is -0.503 e. The van der Waals surface area contributed by atoms with Crippen LogP contribution >= 0.6 is 0 Å². The maximum atomic E-state index is 14.0. The van der Waals surface area contributed by atoms with Crippen molar-refractivity contribution in [2.45, 2.75) is 50.4 Å². The third-order valence-electron chi connectivity index (χ3n) is 7.37. The molecule has 2 bridgehead atoms. The van der Waals surface area contributed by atoms with E-state index in [4.69, 9.17) is 9.57 Å². The van der Waals surface area contributed by atoms with Crippen LogP contribution in [0.5, 0.6) is 5.75 Å². The summed E-state index contributed by atoms with van der Waals surface area (Å²) in [5.74, 6) is -3.86. The van der Waals surface area contributed by atoms with Gasteiger partial charge in [0.1, 0.15) is 17.2 Å². The zero-order chi connectivity index (χ0) is 26.5. The van der Waals surface area contributed by atoms with Gasteiger partial charge in [-0.2, -0.15) is 0 Å². The standard InChI is InChI=1S/C25H26F2N4O6/c1-13-5-6-25(8-16(12-36-2)29-37-25)19-11-30(13)24(35)20-22(33)21(32)17(10-31(19)20)23(34)28-9-14-3-4-15(26)7-18(14)27/h3-4,7,10,13,19,33H,5-6,8-9,11-12H2,1-2H3,(H,28,34). The van der Waals surface area contributed by atoms with Gasteiger partial charge in [0.15, 0.2) is 17.0 Å². The van der Waals surface area contributed by atoms with E-state index in [0.29, 0.717) is 31.0 Å². The van der Waals surface area contributed by atoms with Crippen molar-refractivity contribution in [2.75, 3.05) is 20.3 Å². The normalized spacial score (nSPS) is 24.4. The molecule has 37 heavy (non-hydrogen) atoms. The van der Waals surface area contributed by atoms with E-state index >= 15 is 0 Å². The van der Waals surface area contributed by atoms with Gasteiger partial charge in [0.2, 0.25) is 5.43 Å². The minimum absolute atomic E-state index is 0.0155. The van der Waals surface area contributed by atoms with Crippen LogP contribution in [0.4, 0.5) is 8.78 Å². The highest BCUT2D eigenvalue weighted by Crippen LogP contribution is 2.46. The van der Waals surface area contributed by atoms with Crippen molar-refractivity contribution in [3.8, 4) is 5.75 Å². The number of carbonyl (C=O) groups is 2. The SMILES string of the molecule is COCC1=NOC2(CCC(C)N3CC2n2cc(C(=O)NCc4ccc(F)cc4F)c(=O)c(O)c2C3=O)C1. The van der Waals surface area contributed by atoms with Crippen LogP contribution < -0.4 is 10.7 Å². The fourth-order valence-electron chi connectivity index (χ4n) is 5.37. The molecule has 12 heteroatoms. The van der Waals surface area contributed by atoms with Crippen LogP contribution in [0.25, 0.3) is 0 Å². The number of benzene rings is 1. The van der Waals surface area contributed by atoms with Gasteiger partial charge in [-0.25, -0.2) is 8.78 Å². The first-order chi connectivity index (χ1) is 17.6. The lowest BCUT2D eigenvalue weighted by atomic mass is 9.84. The Bertz CT molecular complexity index is 1380. The summed E-state index contributed by atoms with van der Waals surface area (Å²) in [5, 5.41) is 17.5. The highest BCUT2D eigenvalue weighted by molar-refractivity contribution is 5.99. The number of aromatic nitrogens is 1. The molecule has 196 valence electrons. The molecule has 1 spiro atoms. The Morgan fingerprint density at radius 3 is 2.86 bits per heavy atom. The molecule has 2 aromatic rings. The quantitative estimate of drug-likeness (QED) is 0.628. The number of pyridine rings is 1. The van der Waals surface area contributed by atoms with Crippen molar-refractivity contribution >= 4 is 17.5 Å². The molecule has 3 aliphatic heterocycles. The van der Waals surface area contributed by atoms with E-state index in [9.17, 15) is 28.3 Å². The van der Waals surface area contributed by atoms with Gasteiger partial charge in [-0.1, -0.05) is 11.2 Å². The molecule has 1 aromatic heterocycles. The van der Waals surface area contributed by atoms with Gasteiger partial charge in [0.05, 0.1) is 18.4 Å². The van der Waals surface area contributed by atoms with E-state index < -0.39 is 51.8 Å².